The molecule has 0 amide bonds. The highest BCUT2D eigenvalue weighted by Crippen LogP contribution is 2.33. The minimum Gasteiger partial charge on any atom is -0.490 e. The Kier molecular flexibility index (Phi) is 3.38. The van der Waals surface area contributed by atoms with Crippen molar-refractivity contribution in [3.05, 3.63) is 42.2 Å². The van der Waals surface area contributed by atoms with E-state index >= 15 is 0 Å². The van der Waals surface area contributed by atoms with Crippen molar-refractivity contribution >= 4 is 11.4 Å². The van der Waals surface area contributed by atoms with E-state index in [2.05, 4.69) is 10.3 Å². The SMILES string of the molecule is N#Cc1ccc(Nc2ccc3c(c2)OCCCO3)cn1. The van der Waals surface area contributed by atoms with Crippen LogP contribution in [0.2, 0.25) is 0 Å². The number of nitriles is 1. The van der Waals surface area contributed by atoms with Gasteiger partial charge in [-0.25, -0.2) is 4.98 Å². The average molecular weight is 267 g/mol. The van der Waals surface area contributed by atoms with Crippen LogP contribution < -0.4 is 14.8 Å². The Labute approximate surface area is 116 Å². The summed E-state index contributed by atoms with van der Waals surface area (Å²) >= 11 is 0. The fourth-order valence-corrected chi connectivity index (χ4v) is 1.94. The van der Waals surface area contributed by atoms with Crippen molar-refractivity contribution in [2.75, 3.05) is 18.5 Å². The van der Waals surface area contributed by atoms with E-state index in [0.717, 1.165) is 29.3 Å². The van der Waals surface area contributed by atoms with Gasteiger partial charge >= 0.3 is 0 Å². The molecule has 0 unspecified atom stereocenters. The Morgan fingerprint density at radius 3 is 2.60 bits per heavy atom. The monoisotopic (exact) mass is 267 g/mol. The molecule has 0 aliphatic carbocycles. The van der Waals surface area contributed by atoms with Crippen molar-refractivity contribution in [3.63, 3.8) is 0 Å². The number of fused-ring (bicyclic) bond motifs is 1. The summed E-state index contributed by atoms with van der Waals surface area (Å²) in [4.78, 5) is 4.02. The van der Waals surface area contributed by atoms with Gasteiger partial charge in [-0.3, -0.25) is 0 Å². The number of hydrogen-bond acceptors (Lipinski definition) is 5. The second kappa shape index (κ2) is 5.49. The topological polar surface area (TPSA) is 67.2 Å². The predicted molar refractivity (Wildman–Crippen MR) is 74.3 cm³/mol. The van der Waals surface area contributed by atoms with Crippen LogP contribution in [0, 0.1) is 11.3 Å². The number of rotatable bonds is 2. The summed E-state index contributed by atoms with van der Waals surface area (Å²) in [6.45, 7) is 1.34. The average Bonchev–Trinajstić information content (AvgIpc) is 2.73. The molecule has 0 saturated carbocycles. The number of nitrogens with zero attached hydrogens (tertiary/aromatic N) is 2. The maximum atomic E-state index is 8.71. The number of pyridine rings is 1. The minimum atomic E-state index is 0.397. The molecule has 3 rings (SSSR count). The van der Waals surface area contributed by atoms with E-state index in [1.807, 2.05) is 30.3 Å². The first-order valence-electron chi connectivity index (χ1n) is 6.38. The number of benzene rings is 1. The van der Waals surface area contributed by atoms with Crippen molar-refractivity contribution < 1.29 is 9.47 Å². The summed E-state index contributed by atoms with van der Waals surface area (Å²) in [6, 6.07) is 11.2. The number of anilines is 2. The van der Waals surface area contributed by atoms with Gasteiger partial charge in [-0.05, 0) is 24.3 Å². The van der Waals surface area contributed by atoms with Crippen molar-refractivity contribution in [1.82, 2.24) is 4.98 Å². The molecule has 1 N–H and O–H groups in total. The van der Waals surface area contributed by atoms with Gasteiger partial charge in [0.2, 0.25) is 0 Å². The van der Waals surface area contributed by atoms with Gasteiger partial charge in [0.05, 0.1) is 25.1 Å². The van der Waals surface area contributed by atoms with Gasteiger partial charge in [-0.2, -0.15) is 5.26 Å². The standard InChI is InChI=1S/C15H13N3O2/c16-9-12-2-3-13(10-17-12)18-11-4-5-14-15(8-11)20-7-1-6-19-14/h2-5,8,10,18H,1,6-7H2. The molecule has 0 radical (unpaired) electrons. The number of ether oxygens (including phenoxy) is 2. The van der Waals surface area contributed by atoms with E-state index in [4.69, 9.17) is 14.7 Å². The van der Waals surface area contributed by atoms with Gasteiger partial charge in [-0.15, -0.1) is 0 Å². The molecular weight excluding hydrogens is 254 g/mol. The van der Waals surface area contributed by atoms with Crippen molar-refractivity contribution in [3.8, 4) is 17.6 Å². The van der Waals surface area contributed by atoms with Gasteiger partial charge in [-0.1, -0.05) is 0 Å². The van der Waals surface area contributed by atoms with E-state index in [0.29, 0.717) is 18.9 Å². The number of aromatic nitrogens is 1. The summed E-state index contributed by atoms with van der Waals surface area (Å²) < 4.78 is 11.2. The molecule has 0 spiro atoms. The lowest BCUT2D eigenvalue weighted by Crippen LogP contribution is -1.97. The minimum absolute atomic E-state index is 0.397. The van der Waals surface area contributed by atoms with Crippen LogP contribution in [0.5, 0.6) is 11.5 Å². The number of hydrogen-bond donors (Lipinski definition) is 1. The Morgan fingerprint density at radius 2 is 1.85 bits per heavy atom. The first-order valence-corrected chi connectivity index (χ1v) is 6.38. The van der Waals surface area contributed by atoms with Crippen LogP contribution in [0.15, 0.2) is 36.5 Å². The molecule has 5 heteroatoms. The molecule has 0 fully saturated rings. The molecule has 2 heterocycles. The summed E-state index contributed by atoms with van der Waals surface area (Å²) in [6.07, 6.45) is 2.51. The molecule has 5 nitrogen and oxygen atoms in total. The molecule has 1 aromatic carbocycles. The Morgan fingerprint density at radius 1 is 1.05 bits per heavy atom. The lowest BCUT2D eigenvalue weighted by molar-refractivity contribution is 0.297. The van der Waals surface area contributed by atoms with Crippen LogP contribution in [0.1, 0.15) is 12.1 Å². The molecule has 2 aromatic rings. The first-order chi connectivity index (χ1) is 9.85. The third kappa shape index (κ3) is 2.64. The molecular formula is C15H13N3O2. The van der Waals surface area contributed by atoms with Crippen LogP contribution in [0.4, 0.5) is 11.4 Å². The molecule has 1 aliphatic heterocycles. The van der Waals surface area contributed by atoms with Crippen molar-refractivity contribution in [2.24, 2.45) is 0 Å². The molecule has 100 valence electrons. The quantitative estimate of drug-likeness (QED) is 0.906. The Balaban J connectivity index is 1.80. The van der Waals surface area contributed by atoms with E-state index in [1.165, 1.54) is 0 Å². The van der Waals surface area contributed by atoms with Crippen molar-refractivity contribution in [1.29, 1.82) is 5.26 Å². The van der Waals surface area contributed by atoms with E-state index in [9.17, 15) is 0 Å². The van der Waals surface area contributed by atoms with Crippen LogP contribution >= 0.6 is 0 Å². The van der Waals surface area contributed by atoms with Crippen LogP contribution in [0.3, 0.4) is 0 Å². The lowest BCUT2D eigenvalue weighted by atomic mass is 10.2. The zero-order valence-electron chi connectivity index (χ0n) is 10.8. The first kappa shape index (κ1) is 12.3. The van der Waals surface area contributed by atoms with Gasteiger partial charge in [0.25, 0.3) is 0 Å². The van der Waals surface area contributed by atoms with Crippen molar-refractivity contribution in [2.45, 2.75) is 6.42 Å². The highest BCUT2D eigenvalue weighted by molar-refractivity contribution is 5.63. The fourth-order valence-electron chi connectivity index (χ4n) is 1.94. The van der Waals surface area contributed by atoms with Gasteiger partial charge in [0.15, 0.2) is 11.5 Å². The van der Waals surface area contributed by atoms with Gasteiger partial charge in [0.1, 0.15) is 11.8 Å². The highest BCUT2D eigenvalue weighted by Gasteiger charge is 2.10. The highest BCUT2D eigenvalue weighted by atomic mass is 16.5. The lowest BCUT2D eigenvalue weighted by Gasteiger charge is -2.11. The fraction of sp³-hybridized carbons (Fsp3) is 0.200. The zero-order valence-corrected chi connectivity index (χ0v) is 10.8. The van der Waals surface area contributed by atoms with E-state index in [-0.39, 0.29) is 0 Å². The summed E-state index contributed by atoms with van der Waals surface area (Å²) in [5.41, 5.74) is 2.11. The summed E-state index contributed by atoms with van der Waals surface area (Å²) in [5.74, 6) is 1.51. The molecule has 0 saturated heterocycles. The molecule has 20 heavy (non-hydrogen) atoms. The smallest absolute Gasteiger partial charge is 0.163 e. The third-order valence-corrected chi connectivity index (χ3v) is 2.91. The summed E-state index contributed by atoms with van der Waals surface area (Å²) in [5, 5.41) is 11.9. The van der Waals surface area contributed by atoms with E-state index < -0.39 is 0 Å². The van der Waals surface area contributed by atoms with Gasteiger partial charge < -0.3 is 14.8 Å². The molecule has 0 atom stereocenters. The van der Waals surface area contributed by atoms with Gasteiger partial charge in [0, 0.05) is 18.2 Å². The zero-order chi connectivity index (χ0) is 13.8. The normalized spacial score (nSPS) is 13.2. The maximum absolute atomic E-state index is 8.71. The Hall–Kier alpha value is -2.74. The predicted octanol–water partition coefficient (Wildman–Crippen LogP) is 2.86. The third-order valence-electron chi connectivity index (χ3n) is 2.91. The second-order valence-electron chi connectivity index (χ2n) is 4.38. The second-order valence-corrected chi connectivity index (χ2v) is 4.38. The Bertz CT molecular complexity index is 647. The summed E-state index contributed by atoms with van der Waals surface area (Å²) in [7, 11) is 0. The maximum Gasteiger partial charge on any atom is 0.163 e. The largest absolute Gasteiger partial charge is 0.490 e. The molecule has 1 aromatic heterocycles. The molecule has 1 aliphatic rings. The number of nitrogens with one attached hydrogen (secondary N) is 1. The van der Waals surface area contributed by atoms with Crippen LogP contribution in [0.25, 0.3) is 0 Å². The van der Waals surface area contributed by atoms with E-state index in [1.54, 1.807) is 12.3 Å². The van der Waals surface area contributed by atoms with Crippen LogP contribution in [-0.4, -0.2) is 18.2 Å². The molecule has 0 bridgehead atoms. The van der Waals surface area contributed by atoms with Crippen LogP contribution in [-0.2, 0) is 0 Å².